The van der Waals surface area contributed by atoms with Crippen molar-refractivity contribution in [2.24, 2.45) is 0 Å². The van der Waals surface area contributed by atoms with E-state index < -0.39 is 5.97 Å². The van der Waals surface area contributed by atoms with Crippen molar-refractivity contribution in [2.45, 2.75) is 58.3 Å². The summed E-state index contributed by atoms with van der Waals surface area (Å²) < 4.78 is 0. The number of allylic oxidation sites excluding steroid dienone is 12. The molecular formula is C22H32O2. The molecule has 2 heteroatoms. The van der Waals surface area contributed by atoms with Crippen molar-refractivity contribution in [1.29, 1.82) is 0 Å². The Morgan fingerprint density at radius 1 is 0.625 bits per heavy atom. The molecule has 0 spiro atoms. The molecule has 0 amide bonds. The standard InChI is InChI=1S/C22H32O2/c1-2-3-4-5-6-7-8-9-10-11-12-13-14-15-16-17-18-19-20-21-22(23)24/h3-4,6-7,9-10,12-13,15-16,18-19H,2,5,8,11,14,17,20-21H2,1H3,(H,23,24)/b4-3-,7-6-,10-9-,13-12-,16-15-,19-18?. The van der Waals surface area contributed by atoms with Crippen LogP contribution in [0.3, 0.4) is 0 Å². The Kier molecular flexibility index (Phi) is 17.3. The molecule has 132 valence electrons. The molecule has 2 nitrogen and oxygen atoms in total. The molecule has 0 aliphatic carbocycles. The zero-order valence-electron chi connectivity index (χ0n) is 14.9. The smallest absolute Gasteiger partial charge is 0.303 e. The van der Waals surface area contributed by atoms with E-state index in [1.165, 1.54) is 0 Å². The summed E-state index contributed by atoms with van der Waals surface area (Å²) in [6, 6.07) is 0. The molecule has 0 saturated carbocycles. The van der Waals surface area contributed by atoms with Gasteiger partial charge in [-0.3, -0.25) is 4.79 Å². The average Bonchev–Trinajstić information content (AvgIpc) is 2.56. The highest BCUT2D eigenvalue weighted by atomic mass is 16.4. The molecule has 0 aromatic heterocycles. The topological polar surface area (TPSA) is 37.3 Å². The third-order valence-corrected chi connectivity index (χ3v) is 3.12. The number of hydrogen-bond donors (Lipinski definition) is 1. The molecule has 0 aromatic rings. The highest BCUT2D eigenvalue weighted by molar-refractivity contribution is 5.66. The van der Waals surface area contributed by atoms with Crippen LogP contribution in [-0.4, -0.2) is 11.1 Å². The summed E-state index contributed by atoms with van der Waals surface area (Å²) in [5.41, 5.74) is 0. The lowest BCUT2D eigenvalue weighted by molar-refractivity contribution is -0.136. The zero-order chi connectivity index (χ0) is 17.7. The monoisotopic (exact) mass is 328 g/mol. The summed E-state index contributed by atoms with van der Waals surface area (Å²) in [6.45, 7) is 2.15. The molecule has 0 aliphatic rings. The van der Waals surface area contributed by atoms with Gasteiger partial charge in [0.1, 0.15) is 0 Å². The predicted molar refractivity (Wildman–Crippen MR) is 105 cm³/mol. The van der Waals surface area contributed by atoms with Gasteiger partial charge in [-0.25, -0.2) is 0 Å². The lowest BCUT2D eigenvalue weighted by Crippen LogP contribution is -1.91. The first-order valence-corrected chi connectivity index (χ1v) is 8.89. The molecule has 0 heterocycles. The van der Waals surface area contributed by atoms with Crippen LogP contribution in [0.4, 0.5) is 0 Å². The number of aliphatic carboxylic acids is 1. The molecule has 0 fully saturated rings. The van der Waals surface area contributed by atoms with Gasteiger partial charge >= 0.3 is 5.97 Å². The Morgan fingerprint density at radius 2 is 0.958 bits per heavy atom. The van der Waals surface area contributed by atoms with Crippen LogP contribution in [0.1, 0.15) is 58.3 Å². The van der Waals surface area contributed by atoms with Crippen molar-refractivity contribution in [1.82, 2.24) is 0 Å². The maximum absolute atomic E-state index is 10.3. The fourth-order valence-electron chi connectivity index (χ4n) is 1.85. The Labute approximate surface area is 147 Å². The van der Waals surface area contributed by atoms with E-state index in [-0.39, 0.29) is 6.42 Å². The molecule has 0 saturated heterocycles. The van der Waals surface area contributed by atoms with E-state index in [1.807, 2.05) is 12.2 Å². The Bertz CT molecular complexity index is 462. The van der Waals surface area contributed by atoms with Gasteiger partial charge in [0.15, 0.2) is 0 Å². The normalized spacial score (nSPS) is 13.0. The minimum absolute atomic E-state index is 0.210. The van der Waals surface area contributed by atoms with Gasteiger partial charge in [0.2, 0.25) is 0 Å². The quantitative estimate of drug-likeness (QED) is 0.367. The van der Waals surface area contributed by atoms with Crippen LogP contribution in [0.15, 0.2) is 72.9 Å². The van der Waals surface area contributed by atoms with Gasteiger partial charge < -0.3 is 5.11 Å². The molecule has 1 N–H and O–H groups in total. The highest BCUT2D eigenvalue weighted by Gasteiger charge is 1.90. The highest BCUT2D eigenvalue weighted by Crippen LogP contribution is 1.97. The Morgan fingerprint density at radius 3 is 1.29 bits per heavy atom. The van der Waals surface area contributed by atoms with E-state index in [9.17, 15) is 4.79 Å². The fraction of sp³-hybridized carbons (Fsp3) is 0.409. The first-order valence-electron chi connectivity index (χ1n) is 8.89. The summed E-state index contributed by atoms with van der Waals surface area (Å²) in [5.74, 6) is -0.741. The average molecular weight is 328 g/mol. The molecule has 0 rings (SSSR count). The molecular weight excluding hydrogens is 296 g/mol. The number of hydrogen-bond acceptors (Lipinski definition) is 1. The second-order valence-electron chi connectivity index (χ2n) is 5.35. The molecule has 0 radical (unpaired) electrons. The third-order valence-electron chi connectivity index (χ3n) is 3.12. The number of rotatable bonds is 14. The summed E-state index contributed by atoms with van der Waals surface area (Å²) in [5, 5.41) is 8.49. The fourth-order valence-corrected chi connectivity index (χ4v) is 1.85. The summed E-state index contributed by atoms with van der Waals surface area (Å²) >= 11 is 0. The van der Waals surface area contributed by atoms with Crippen molar-refractivity contribution in [3.8, 4) is 0 Å². The Balaban J connectivity index is 3.51. The first kappa shape index (κ1) is 21.9. The second kappa shape index (κ2) is 19.0. The van der Waals surface area contributed by atoms with Crippen LogP contribution in [0.5, 0.6) is 0 Å². The van der Waals surface area contributed by atoms with Gasteiger partial charge in [-0.2, -0.15) is 0 Å². The van der Waals surface area contributed by atoms with Crippen LogP contribution >= 0.6 is 0 Å². The molecule has 0 aromatic carbocycles. The van der Waals surface area contributed by atoms with Crippen LogP contribution in [0, 0.1) is 0 Å². The Hall–Kier alpha value is -2.09. The lowest BCUT2D eigenvalue weighted by Gasteiger charge is -1.87. The first-order chi connectivity index (χ1) is 11.8. The van der Waals surface area contributed by atoms with Gasteiger partial charge in [-0.15, -0.1) is 0 Å². The van der Waals surface area contributed by atoms with Gasteiger partial charge in [0.05, 0.1) is 0 Å². The van der Waals surface area contributed by atoms with E-state index in [0.717, 1.165) is 38.5 Å². The van der Waals surface area contributed by atoms with Crippen LogP contribution < -0.4 is 0 Å². The molecule has 0 unspecified atom stereocenters. The van der Waals surface area contributed by atoms with E-state index >= 15 is 0 Å². The van der Waals surface area contributed by atoms with Gasteiger partial charge in [-0.1, -0.05) is 79.8 Å². The van der Waals surface area contributed by atoms with E-state index in [0.29, 0.717) is 6.42 Å². The predicted octanol–water partition coefficient (Wildman–Crippen LogP) is 6.55. The van der Waals surface area contributed by atoms with Crippen molar-refractivity contribution >= 4 is 5.97 Å². The molecule has 0 atom stereocenters. The lowest BCUT2D eigenvalue weighted by atomic mass is 10.2. The van der Waals surface area contributed by atoms with E-state index in [2.05, 4.69) is 67.7 Å². The van der Waals surface area contributed by atoms with E-state index in [1.54, 1.807) is 0 Å². The van der Waals surface area contributed by atoms with Crippen molar-refractivity contribution < 1.29 is 9.90 Å². The molecule has 24 heavy (non-hydrogen) atoms. The molecule has 0 aliphatic heterocycles. The summed E-state index contributed by atoms with van der Waals surface area (Å²) in [7, 11) is 0. The van der Waals surface area contributed by atoms with Crippen LogP contribution in [0.2, 0.25) is 0 Å². The number of carboxylic acid groups (broad SMARTS) is 1. The maximum Gasteiger partial charge on any atom is 0.303 e. The summed E-state index contributed by atoms with van der Waals surface area (Å²) in [6.07, 6.45) is 32.5. The summed E-state index contributed by atoms with van der Waals surface area (Å²) in [4.78, 5) is 10.3. The largest absolute Gasteiger partial charge is 0.481 e. The van der Waals surface area contributed by atoms with Gasteiger partial charge in [0.25, 0.3) is 0 Å². The van der Waals surface area contributed by atoms with Crippen LogP contribution in [-0.2, 0) is 4.79 Å². The van der Waals surface area contributed by atoms with Crippen molar-refractivity contribution in [3.63, 3.8) is 0 Å². The minimum atomic E-state index is -0.741. The maximum atomic E-state index is 10.3. The van der Waals surface area contributed by atoms with Crippen molar-refractivity contribution in [2.75, 3.05) is 0 Å². The van der Waals surface area contributed by atoms with Gasteiger partial charge in [0, 0.05) is 6.42 Å². The SMILES string of the molecule is CC/C=C\C/C=C\C/C=C\C/C=C\C/C=C\CC=CCCC(=O)O. The number of carboxylic acids is 1. The van der Waals surface area contributed by atoms with Gasteiger partial charge in [-0.05, 0) is 44.9 Å². The second-order valence-corrected chi connectivity index (χ2v) is 5.35. The van der Waals surface area contributed by atoms with Crippen LogP contribution in [0.25, 0.3) is 0 Å². The molecule has 0 bridgehead atoms. The number of carbonyl (C=O) groups is 1. The minimum Gasteiger partial charge on any atom is -0.481 e. The third kappa shape index (κ3) is 19.9. The van der Waals surface area contributed by atoms with E-state index in [4.69, 9.17) is 5.11 Å². The zero-order valence-corrected chi connectivity index (χ0v) is 14.9. The van der Waals surface area contributed by atoms with Crippen molar-refractivity contribution in [3.05, 3.63) is 72.9 Å².